The van der Waals surface area contributed by atoms with Gasteiger partial charge in [0.05, 0.1) is 11.9 Å². The SMILES string of the molecule is CS(=O)(=O)N(CC(=O)O)c1ccc(F)c(F)c1. The van der Waals surface area contributed by atoms with Gasteiger partial charge in [-0.3, -0.25) is 9.10 Å². The standard InChI is InChI=1S/C9H9F2NO4S/c1-17(15,16)12(5-9(13)14)6-2-3-7(10)8(11)4-6/h2-4H,5H2,1H3,(H,13,14). The molecule has 1 aromatic carbocycles. The lowest BCUT2D eigenvalue weighted by Gasteiger charge is -2.20. The second kappa shape index (κ2) is 4.66. The maximum Gasteiger partial charge on any atom is 0.324 e. The fraction of sp³-hybridized carbons (Fsp3) is 0.222. The van der Waals surface area contributed by atoms with E-state index in [4.69, 9.17) is 5.11 Å². The Labute approximate surface area is 96.3 Å². The highest BCUT2D eigenvalue weighted by Crippen LogP contribution is 2.20. The molecule has 0 fully saturated rings. The number of sulfonamides is 1. The summed E-state index contributed by atoms with van der Waals surface area (Å²) in [6.45, 7) is -0.857. The van der Waals surface area contributed by atoms with Gasteiger partial charge in [0.2, 0.25) is 10.0 Å². The van der Waals surface area contributed by atoms with Crippen molar-refractivity contribution >= 4 is 21.7 Å². The number of benzene rings is 1. The lowest BCUT2D eigenvalue weighted by atomic mass is 10.3. The van der Waals surface area contributed by atoms with Crippen molar-refractivity contribution in [3.63, 3.8) is 0 Å². The van der Waals surface area contributed by atoms with E-state index < -0.39 is 34.2 Å². The Morgan fingerprint density at radius 3 is 2.35 bits per heavy atom. The molecule has 94 valence electrons. The van der Waals surface area contributed by atoms with Crippen molar-refractivity contribution in [3.05, 3.63) is 29.8 Å². The molecule has 0 aliphatic heterocycles. The van der Waals surface area contributed by atoms with Crippen LogP contribution in [0.25, 0.3) is 0 Å². The van der Waals surface area contributed by atoms with Crippen LogP contribution >= 0.6 is 0 Å². The smallest absolute Gasteiger partial charge is 0.324 e. The maximum absolute atomic E-state index is 12.9. The average Bonchev–Trinajstić information content (AvgIpc) is 2.17. The van der Waals surface area contributed by atoms with Gasteiger partial charge in [-0.15, -0.1) is 0 Å². The van der Waals surface area contributed by atoms with Crippen LogP contribution in [0.4, 0.5) is 14.5 Å². The third-order valence-electron chi connectivity index (χ3n) is 1.87. The van der Waals surface area contributed by atoms with Crippen molar-refractivity contribution in [1.29, 1.82) is 0 Å². The molecule has 0 aliphatic carbocycles. The fourth-order valence-corrected chi connectivity index (χ4v) is 2.00. The second-order valence-electron chi connectivity index (χ2n) is 3.26. The van der Waals surface area contributed by atoms with E-state index in [0.29, 0.717) is 10.4 Å². The highest BCUT2D eigenvalue weighted by molar-refractivity contribution is 7.92. The van der Waals surface area contributed by atoms with E-state index in [1.807, 2.05) is 0 Å². The van der Waals surface area contributed by atoms with Gasteiger partial charge in [-0.2, -0.15) is 0 Å². The highest BCUT2D eigenvalue weighted by atomic mass is 32.2. The minimum Gasteiger partial charge on any atom is -0.480 e. The van der Waals surface area contributed by atoms with Crippen LogP contribution in [0.15, 0.2) is 18.2 Å². The van der Waals surface area contributed by atoms with Crippen molar-refractivity contribution in [1.82, 2.24) is 0 Å². The van der Waals surface area contributed by atoms with Gasteiger partial charge >= 0.3 is 5.97 Å². The number of carboxylic acids is 1. The Balaban J connectivity index is 3.22. The molecule has 0 radical (unpaired) electrons. The summed E-state index contributed by atoms with van der Waals surface area (Å²) in [6.07, 6.45) is 0.775. The fourth-order valence-electron chi connectivity index (χ4n) is 1.16. The maximum atomic E-state index is 12.9. The van der Waals surface area contributed by atoms with Gasteiger partial charge in [0.1, 0.15) is 6.54 Å². The number of aliphatic carboxylic acids is 1. The highest BCUT2D eigenvalue weighted by Gasteiger charge is 2.21. The van der Waals surface area contributed by atoms with Crippen LogP contribution < -0.4 is 4.31 Å². The lowest BCUT2D eigenvalue weighted by molar-refractivity contribution is -0.135. The molecule has 17 heavy (non-hydrogen) atoms. The van der Waals surface area contributed by atoms with E-state index in [1.165, 1.54) is 0 Å². The summed E-state index contributed by atoms with van der Waals surface area (Å²) < 4.78 is 48.7. The number of hydrogen-bond acceptors (Lipinski definition) is 3. The molecule has 0 saturated heterocycles. The number of halogens is 2. The predicted molar refractivity (Wildman–Crippen MR) is 56.2 cm³/mol. The van der Waals surface area contributed by atoms with E-state index in [2.05, 4.69) is 0 Å². The van der Waals surface area contributed by atoms with Gasteiger partial charge in [0, 0.05) is 6.07 Å². The molecule has 0 aromatic heterocycles. The molecule has 1 aromatic rings. The Morgan fingerprint density at radius 2 is 1.94 bits per heavy atom. The summed E-state index contributed by atoms with van der Waals surface area (Å²) in [6, 6.07) is 2.34. The van der Waals surface area contributed by atoms with E-state index >= 15 is 0 Å². The summed E-state index contributed by atoms with van der Waals surface area (Å²) in [5.41, 5.74) is -0.242. The van der Waals surface area contributed by atoms with E-state index in [9.17, 15) is 22.0 Å². The molecule has 0 atom stereocenters. The van der Waals surface area contributed by atoms with Gasteiger partial charge in [-0.25, -0.2) is 17.2 Å². The summed E-state index contributed by atoms with van der Waals surface area (Å²) in [5, 5.41) is 8.56. The van der Waals surface area contributed by atoms with Crippen molar-refractivity contribution in [3.8, 4) is 0 Å². The summed E-state index contributed by atoms with van der Waals surface area (Å²) >= 11 is 0. The van der Waals surface area contributed by atoms with Gasteiger partial charge in [0.15, 0.2) is 11.6 Å². The topological polar surface area (TPSA) is 74.7 Å². The first-order valence-corrected chi connectivity index (χ1v) is 6.21. The molecule has 1 N–H and O–H groups in total. The van der Waals surface area contributed by atoms with Crippen molar-refractivity contribution in [2.24, 2.45) is 0 Å². The van der Waals surface area contributed by atoms with Gasteiger partial charge < -0.3 is 5.11 Å². The summed E-state index contributed by atoms with van der Waals surface area (Å²) in [5.74, 6) is -3.79. The Morgan fingerprint density at radius 1 is 1.35 bits per heavy atom. The number of nitrogens with zero attached hydrogens (tertiary/aromatic N) is 1. The van der Waals surface area contributed by atoms with Crippen LogP contribution in [0.5, 0.6) is 0 Å². The molecule has 8 heteroatoms. The van der Waals surface area contributed by atoms with Gasteiger partial charge in [-0.05, 0) is 12.1 Å². The monoisotopic (exact) mass is 265 g/mol. The molecule has 0 bridgehead atoms. The molecule has 0 heterocycles. The number of anilines is 1. The number of carboxylic acid groups (broad SMARTS) is 1. The zero-order valence-electron chi connectivity index (χ0n) is 8.72. The number of carbonyl (C=O) groups is 1. The zero-order chi connectivity index (χ0) is 13.2. The minimum absolute atomic E-state index is 0.242. The molecular weight excluding hydrogens is 256 g/mol. The Kier molecular flexibility index (Phi) is 3.66. The molecule has 1 rings (SSSR count). The molecule has 0 spiro atoms. The van der Waals surface area contributed by atoms with Crippen LogP contribution in [0.3, 0.4) is 0 Å². The van der Waals surface area contributed by atoms with Crippen molar-refractivity contribution in [2.45, 2.75) is 0 Å². The first-order valence-electron chi connectivity index (χ1n) is 4.36. The molecule has 0 unspecified atom stereocenters. The number of hydrogen-bond donors (Lipinski definition) is 1. The Hall–Kier alpha value is -1.70. The number of rotatable bonds is 4. The van der Waals surface area contributed by atoms with Crippen molar-refractivity contribution in [2.75, 3.05) is 17.1 Å². The molecular formula is C9H9F2NO4S. The van der Waals surface area contributed by atoms with Gasteiger partial charge in [0.25, 0.3) is 0 Å². The molecule has 0 amide bonds. The lowest BCUT2D eigenvalue weighted by Crippen LogP contribution is -2.34. The zero-order valence-corrected chi connectivity index (χ0v) is 9.54. The Bertz CT molecular complexity index is 544. The van der Waals surface area contributed by atoms with Crippen molar-refractivity contribution < 1.29 is 27.1 Å². The third-order valence-corrected chi connectivity index (χ3v) is 3.01. The van der Waals surface area contributed by atoms with Gasteiger partial charge in [-0.1, -0.05) is 0 Å². The van der Waals surface area contributed by atoms with Crippen LogP contribution in [0.2, 0.25) is 0 Å². The summed E-state index contributed by atoms with van der Waals surface area (Å²) in [4.78, 5) is 10.5. The third kappa shape index (κ3) is 3.38. The van der Waals surface area contributed by atoms with Crippen LogP contribution in [0.1, 0.15) is 0 Å². The van der Waals surface area contributed by atoms with Crippen LogP contribution in [0, 0.1) is 11.6 Å². The largest absolute Gasteiger partial charge is 0.480 e. The normalized spacial score (nSPS) is 11.2. The van der Waals surface area contributed by atoms with Crippen LogP contribution in [-0.4, -0.2) is 32.3 Å². The van der Waals surface area contributed by atoms with E-state index in [1.54, 1.807) is 0 Å². The molecule has 0 saturated carbocycles. The summed E-state index contributed by atoms with van der Waals surface area (Å²) in [7, 11) is -3.88. The first-order chi connectivity index (χ1) is 7.71. The predicted octanol–water partition coefficient (Wildman–Crippen LogP) is 0.815. The molecule has 5 nitrogen and oxygen atoms in total. The van der Waals surface area contributed by atoms with Crippen LogP contribution in [-0.2, 0) is 14.8 Å². The quantitative estimate of drug-likeness (QED) is 0.874. The van der Waals surface area contributed by atoms with E-state index in [-0.39, 0.29) is 5.69 Å². The molecule has 0 aliphatic rings. The van der Waals surface area contributed by atoms with E-state index in [0.717, 1.165) is 18.4 Å². The average molecular weight is 265 g/mol. The second-order valence-corrected chi connectivity index (χ2v) is 5.17. The first kappa shape index (κ1) is 13.4. The minimum atomic E-state index is -3.88.